The lowest BCUT2D eigenvalue weighted by Gasteiger charge is -2.18. The van der Waals surface area contributed by atoms with E-state index in [0.717, 1.165) is 17.0 Å². The van der Waals surface area contributed by atoms with Crippen molar-refractivity contribution < 1.29 is 13.9 Å². The highest BCUT2D eigenvalue weighted by molar-refractivity contribution is 7.15. The Morgan fingerprint density at radius 2 is 2.50 bits per heavy atom. The highest BCUT2D eigenvalue weighted by atomic mass is 32.1. The van der Waals surface area contributed by atoms with Crippen LogP contribution in [0.2, 0.25) is 0 Å². The molecular formula is C15H15N3O3S. The van der Waals surface area contributed by atoms with Crippen molar-refractivity contribution >= 4 is 22.5 Å². The van der Waals surface area contributed by atoms with Crippen LogP contribution >= 0.6 is 11.3 Å². The van der Waals surface area contributed by atoms with E-state index in [4.69, 9.17) is 15.6 Å². The van der Waals surface area contributed by atoms with Crippen molar-refractivity contribution in [3.8, 4) is 12.3 Å². The summed E-state index contributed by atoms with van der Waals surface area (Å²) in [6.07, 6.45) is 7.68. The second-order valence-corrected chi connectivity index (χ2v) is 5.84. The van der Waals surface area contributed by atoms with Gasteiger partial charge in [0.15, 0.2) is 5.13 Å². The number of nitrogens with one attached hydrogen (secondary N) is 1. The van der Waals surface area contributed by atoms with Gasteiger partial charge in [0, 0.05) is 6.42 Å². The third-order valence-corrected chi connectivity index (χ3v) is 4.19. The van der Waals surface area contributed by atoms with Crippen molar-refractivity contribution in [2.24, 2.45) is 0 Å². The fourth-order valence-corrected chi connectivity index (χ4v) is 3.08. The van der Waals surface area contributed by atoms with Crippen molar-refractivity contribution in [1.82, 2.24) is 9.88 Å². The van der Waals surface area contributed by atoms with Crippen LogP contribution in [-0.2, 0) is 24.3 Å². The summed E-state index contributed by atoms with van der Waals surface area (Å²) in [6.45, 7) is 1.74. The number of thiazole rings is 1. The lowest BCUT2D eigenvalue weighted by molar-refractivity contribution is 0.112. The van der Waals surface area contributed by atoms with Crippen molar-refractivity contribution in [3.05, 3.63) is 34.7 Å². The van der Waals surface area contributed by atoms with Gasteiger partial charge in [-0.1, -0.05) is 17.3 Å². The van der Waals surface area contributed by atoms with Crippen LogP contribution in [0.15, 0.2) is 22.8 Å². The topological polar surface area (TPSA) is 67.6 Å². The molecule has 3 heterocycles. The molecule has 2 aromatic rings. The Morgan fingerprint density at radius 1 is 1.59 bits per heavy atom. The normalized spacial score (nSPS) is 13.2. The molecule has 7 heteroatoms. The zero-order chi connectivity index (χ0) is 15.4. The van der Waals surface area contributed by atoms with Crippen molar-refractivity contribution in [2.75, 3.05) is 18.5 Å². The molecule has 0 saturated carbocycles. The van der Waals surface area contributed by atoms with E-state index in [9.17, 15) is 4.79 Å². The number of terminal acetylenes is 1. The van der Waals surface area contributed by atoms with Gasteiger partial charge in [-0.15, -0.1) is 6.42 Å². The van der Waals surface area contributed by atoms with Crippen molar-refractivity contribution in [1.29, 1.82) is 0 Å². The Hall–Kier alpha value is -2.30. The molecule has 0 aliphatic carbocycles. The molecule has 2 amide bonds. The highest BCUT2D eigenvalue weighted by Gasteiger charge is 2.19. The number of urea groups is 1. The number of ether oxygens (including phenoxy) is 1. The van der Waals surface area contributed by atoms with Crippen molar-refractivity contribution in [2.45, 2.75) is 19.6 Å². The van der Waals surface area contributed by atoms with E-state index in [1.807, 2.05) is 0 Å². The zero-order valence-corrected chi connectivity index (χ0v) is 12.7. The van der Waals surface area contributed by atoms with Gasteiger partial charge in [-0.2, -0.15) is 0 Å². The number of amides is 2. The summed E-state index contributed by atoms with van der Waals surface area (Å²) in [5.74, 6) is 3.16. The van der Waals surface area contributed by atoms with E-state index in [2.05, 4.69) is 16.2 Å². The van der Waals surface area contributed by atoms with Gasteiger partial charge >= 0.3 is 6.03 Å². The van der Waals surface area contributed by atoms with Gasteiger partial charge in [-0.3, -0.25) is 5.32 Å². The smallest absolute Gasteiger partial charge is 0.324 e. The zero-order valence-electron chi connectivity index (χ0n) is 11.9. The number of aromatic nitrogens is 1. The molecule has 1 N–H and O–H groups in total. The maximum Gasteiger partial charge on any atom is 0.324 e. The first kappa shape index (κ1) is 14.6. The average molecular weight is 317 g/mol. The molecule has 22 heavy (non-hydrogen) atoms. The summed E-state index contributed by atoms with van der Waals surface area (Å²) in [5.41, 5.74) is 1.00. The maximum atomic E-state index is 12.4. The summed E-state index contributed by atoms with van der Waals surface area (Å²) in [4.78, 5) is 19.4. The molecule has 0 unspecified atom stereocenters. The number of hydrogen-bond acceptors (Lipinski definition) is 5. The van der Waals surface area contributed by atoms with Crippen LogP contribution in [0.4, 0.5) is 9.93 Å². The van der Waals surface area contributed by atoms with Gasteiger partial charge in [0.05, 0.1) is 43.1 Å². The Morgan fingerprint density at radius 3 is 3.23 bits per heavy atom. The Bertz CT molecular complexity index is 664. The molecule has 0 spiro atoms. The third-order valence-electron chi connectivity index (χ3n) is 3.20. The standard InChI is InChI=1S/C15H15N3O3S/c1-2-6-18(9-11-4-3-7-21-11)15(19)17-14-16-12-5-8-20-10-13(12)22-14/h1,3-4,7H,5-6,8-10H2,(H,16,17,19). The first-order valence-corrected chi connectivity index (χ1v) is 7.66. The number of carbonyl (C=O) groups excluding carboxylic acids is 1. The van der Waals surface area contributed by atoms with E-state index in [-0.39, 0.29) is 12.6 Å². The Balaban J connectivity index is 1.68. The van der Waals surface area contributed by atoms with Gasteiger partial charge < -0.3 is 14.1 Å². The summed E-state index contributed by atoms with van der Waals surface area (Å²) < 4.78 is 10.6. The minimum Gasteiger partial charge on any atom is -0.467 e. The summed E-state index contributed by atoms with van der Waals surface area (Å²) in [7, 11) is 0. The van der Waals surface area contributed by atoms with Gasteiger partial charge in [-0.05, 0) is 12.1 Å². The molecule has 6 nitrogen and oxygen atoms in total. The van der Waals surface area contributed by atoms with Crippen LogP contribution < -0.4 is 5.32 Å². The first-order chi connectivity index (χ1) is 10.8. The van der Waals surface area contributed by atoms with E-state index in [1.54, 1.807) is 18.4 Å². The van der Waals surface area contributed by atoms with Gasteiger partial charge in [0.25, 0.3) is 0 Å². The molecule has 0 aromatic carbocycles. The van der Waals surface area contributed by atoms with Crippen LogP contribution in [-0.4, -0.2) is 29.1 Å². The minimum absolute atomic E-state index is 0.195. The first-order valence-electron chi connectivity index (χ1n) is 6.84. The number of rotatable bonds is 4. The van der Waals surface area contributed by atoms with Crippen LogP contribution in [0.3, 0.4) is 0 Å². The third kappa shape index (κ3) is 3.30. The molecule has 0 bridgehead atoms. The van der Waals surface area contributed by atoms with E-state index < -0.39 is 0 Å². The molecule has 114 valence electrons. The van der Waals surface area contributed by atoms with Crippen LogP contribution in [0.1, 0.15) is 16.3 Å². The highest BCUT2D eigenvalue weighted by Crippen LogP contribution is 2.27. The summed E-state index contributed by atoms with van der Waals surface area (Å²) >= 11 is 1.44. The van der Waals surface area contributed by atoms with Crippen LogP contribution in [0.5, 0.6) is 0 Å². The fourth-order valence-electron chi connectivity index (χ4n) is 2.15. The second-order valence-electron chi connectivity index (χ2n) is 4.76. The van der Waals surface area contributed by atoms with Gasteiger partial charge in [0.1, 0.15) is 5.76 Å². The van der Waals surface area contributed by atoms with E-state index in [0.29, 0.717) is 30.7 Å². The Labute approximate surface area is 132 Å². The molecule has 2 aromatic heterocycles. The number of carbonyl (C=O) groups is 1. The number of nitrogens with zero attached hydrogens (tertiary/aromatic N) is 2. The van der Waals surface area contributed by atoms with Gasteiger partial charge in [-0.25, -0.2) is 9.78 Å². The second kappa shape index (κ2) is 6.64. The molecule has 1 aliphatic heterocycles. The average Bonchev–Trinajstić information content (AvgIpc) is 3.15. The molecule has 0 radical (unpaired) electrons. The van der Waals surface area contributed by atoms with Gasteiger partial charge in [0.2, 0.25) is 0 Å². The van der Waals surface area contributed by atoms with Crippen LogP contribution in [0, 0.1) is 12.3 Å². The number of fused-ring (bicyclic) bond motifs is 1. The lowest BCUT2D eigenvalue weighted by Crippen LogP contribution is -2.34. The molecule has 0 saturated heterocycles. The quantitative estimate of drug-likeness (QED) is 0.880. The van der Waals surface area contributed by atoms with Crippen molar-refractivity contribution in [3.63, 3.8) is 0 Å². The summed E-state index contributed by atoms with van der Waals surface area (Å²) in [6, 6.07) is 3.29. The molecule has 3 rings (SSSR count). The number of furan rings is 1. The molecule has 0 fully saturated rings. The maximum absolute atomic E-state index is 12.4. The molecule has 0 atom stereocenters. The largest absolute Gasteiger partial charge is 0.467 e. The SMILES string of the molecule is C#CCN(Cc1ccco1)C(=O)Nc1nc2c(s1)COCC2. The predicted octanol–water partition coefficient (Wildman–Crippen LogP) is 2.48. The lowest BCUT2D eigenvalue weighted by atomic mass is 10.2. The summed E-state index contributed by atoms with van der Waals surface area (Å²) in [5, 5.41) is 3.37. The predicted molar refractivity (Wildman–Crippen MR) is 82.4 cm³/mol. The molecule has 1 aliphatic rings. The minimum atomic E-state index is -0.290. The van der Waals surface area contributed by atoms with Crippen LogP contribution in [0.25, 0.3) is 0 Å². The molecular weight excluding hydrogens is 302 g/mol. The Kier molecular flexibility index (Phi) is 4.42. The fraction of sp³-hybridized carbons (Fsp3) is 0.333. The monoisotopic (exact) mass is 317 g/mol. The number of hydrogen-bond donors (Lipinski definition) is 1. The van der Waals surface area contributed by atoms with E-state index >= 15 is 0 Å². The van der Waals surface area contributed by atoms with E-state index in [1.165, 1.54) is 16.2 Å². The number of anilines is 1.